The highest BCUT2D eigenvalue weighted by Gasteiger charge is 2.19. The Morgan fingerprint density at radius 3 is 2.83 bits per heavy atom. The molecule has 0 fully saturated rings. The predicted octanol–water partition coefficient (Wildman–Crippen LogP) is 2.81. The summed E-state index contributed by atoms with van der Waals surface area (Å²) in [7, 11) is 1.51. The second-order valence-electron chi connectivity index (χ2n) is 7.03. The number of fused-ring (bicyclic) bond motifs is 1. The van der Waals surface area contributed by atoms with Crippen molar-refractivity contribution < 1.29 is 19.1 Å². The summed E-state index contributed by atoms with van der Waals surface area (Å²) >= 11 is 0. The number of amides is 2. The Bertz CT molecular complexity index is 908. The number of ether oxygens (including phenoxy) is 2. The van der Waals surface area contributed by atoms with Gasteiger partial charge in [0, 0.05) is 18.5 Å². The maximum Gasteiger partial charge on any atom is 0.255 e. The van der Waals surface area contributed by atoms with E-state index in [1.807, 2.05) is 0 Å². The van der Waals surface area contributed by atoms with E-state index in [-0.39, 0.29) is 12.5 Å². The van der Waals surface area contributed by atoms with Gasteiger partial charge in [-0.1, -0.05) is 30.3 Å². The normalized spacial score (nSPS) is 15.6. The molecule has 152 valence electrons. The molecule has 0 radical (unpaired) electrons. The van der Waals surface area contributed by atoms with Crippen molar-refractivity contribution in [2.24, 2.45) is 5.73 Å². The fourth-order valence-electron chi connectivity index (χ4n) is 3.58. The number of rotatable bonds is 8. The van der Waals surface area contributed by atoms with E-state index < -0.39 is 5.91 Å². The van der Waals surface area contributed by atoms with Gasteiger partial charge in [-0.05, 0) is 54.2 Å². The molecule has 6 heteroatoms. The van der Waals surface area contributed by atoms with Crippen LogP contribution in [-0.4, -0.2) is 32.1 Å². The minimum atomic E-state index is -0.562. The van der Waals surface area contributed by atoms with Gasteiger partial charge < -0.3 is 20.5 Å². The molecule has 2 amide bonds. The minimum Gasteiger partial charge on any atom is -0.493 e. The lowest BCUT2D eigenvalue weighted by atomic mass is 9.83. The van der Waals surface area contributed by atoms with E-state index >= 15 is 0 Å². The van der Waals surface area contributed by atoms with Crippen LogP contribution in [0.3, 0.4) is 0 Å². The van der Waals surface area contributed by atoms with Crippen LogP contribution in [0.5, 0.6) is 11.5 Å². The largest absolute Gasteiger partial charge is 0.493 e. The van der Waals surface area contributed by atoms with E-state index in [1.54, 1.807) is 24.3 Å². The van der Waals surface area contributed by atoms with E-state index in [2.05, 4.69) is 29.6 Å². The number of hydrogen-bond donors (Lipinski definition) is 2. The summed E-state index contributed by atoms with van der Waals surface area (Å²) in [5.74, 6) is 0.546. The second-order valence-corrected chi connectivity index (χ2v) is 7.03. The molecule has 2 aromatic rings. The number of benzene rings is 2. The van der Waals surface area contributed by atoms with Gasteiger partial charge in [-0.15, -0.1) is 0 Å². The highest BCUT2D eigenvalue weighted by atomic mass is 16.5. The van der Waals surface area contributed by atoms with Crippen molar-refractivity contribution in [2.45, 2.75) is 25.2 Å². The van der Waals surface area contributed by atoms with Gasteiger partial charge in [-0.2, -0.15) is 0 Å². The zero-order valence-electron chi connectivity index (χ0n) is 16.5. The maximum absolute atomic E-state index is 12.3. The van der Waals surface area contributed by atoms with Crippen molar-refractivity contribution in [3.05, 3.63) is 65.2 Å². The smallest absolute Gasteiger partial charge is 0.255 e. The summed E-state index contributed by atoms with van der Waals surface area (Å²) < 4.78 is 10.6. The molecule has 0 aromatic heterocycles. The van der Waals surface area contributed by atoms with Gasteiger partial charge in [0.1, 0.15) is 0 Å². The summed E-state index contributed by atoms with van der Waals surface area (Å²) in [5.41, 5.74) is 8.61. The summed E-state index contributed by atoms with van der Waals surface area (Å²) in [4.78, 5) is 23.1. The SMILES string of the molecule is COc1cc(/C=C/C(=O)NCC2CCCc3ccccc32)ccc1OCC(N)=O. The number of methoxy groups -OCH3 is 1. The van der Waals surface area contributed by atoms with Crippen molar-refractivity contribution >= 4 is 17.9 Å². The lowest BCUT2D eigenvalue weighted by Crippen LogP contribution is -2.28. The van der Waals surface area contributed by atoms with E-state index in [1.165, 1.54) is 24.3 Å². The van der Waals surface area contributed by atoms with E-state index in [4.69, 9.17) is 15.2 Å². The number of aryl methyl sites for hydroxylation is 1. The Morgan fingerprint density at radius 1 is 1.21 bits per heavy atom. The number of nitrogens with one attached hydrogen (secondary N) is 1. The number of nitrogens with two attached hydrogens (primary N) is 1. The first-order valence-electron chi connectivity index (χ1n) is 9.69. The molecule has 0 spiro atoms. The molecule has 29 heavy (non-hydrogen) atoms. The van der Waals surface area contributed by atoms with Crippen LogP contribution in [0.2, 0.25) is 0 Å². The minimum absolute atomic E-state index is 0.138. The molecule has 3 N–H and O–H groups in total. The Balaban J connectivity index is 1.57. The number of primary amides is 1. The van der Waals surface area contributed by atoms with Crippen LogP contribution in [0.15, 0.2) is 48.5 Å². The van der Waals surface area contributed by atoms with Crippen molar-refractivity contribution in [1.29, 1.82) is 0 Å². The number of carbonyl (C=O) groups is 2. The average molecular weight is 394 g/mol. The molecule has 0 saturated heterocycles. The highest BCUT2D eigenvalue weighted by molar-refractivity contribution is 5.91. The van der Waals surface area contributed by atoms with Crippen LogP contribution >= 0.6 is 0 Å². The van der Waals surface area contributed by atoms with Crippen LogP contribution in [0.1, 0.15) is 35.4 Å². The van der Waals surface area contributed by atoms with Crippen molar-refractivity contribution in [2.75, 3.05) is 20.3 Å². The molecule has 1 aliphatic rings. The van der Waals surface area contributed by atoms with Crippen LogP contribution in [0.25, 0.3) is 6.08 Å². The van der Waals surface area contributed by atoms with Crippen LogP contribution in [0, 0.1) is 0 Å². The van der Waals surface area contributed by atoms with Gasteiger partial charge in [0.2, 0.25) is 5.91 Å². The fraction of sp³-hybridized carbons (Fsp3) is 0.304. The Labute approximate surface area is 170 Å². The van der Waals surface area contributed by atoms with E-state index in [0.29, 0.717) is 24.0 Å². The molecule has 0 saturated carbocycles. The molecule has 0 aliphatic heterocycles. The summed E-state index contributed by atoms with van der Waals surface area (Å²) in [6.07, 6.45) is 6.57. The Hall–Kier alpha value is -3.28. The summed E-state index contributed by atoms with van der Waals surface area (Å²) in [6.45, 7) is 0.404. The molecule has 2 aromatic carbocycles. The Morgan fingerprint density at radius 2 is 2.03 bits per heavy atom. The van der Waals surface area contributed by atoms with Gasteiger partial charge in [-0.3, -0.25) is 9.59 Å². The summed E-state index contributed by atoms with van der Waals surface area (Å²) in [5, 5.41) is 3.00. The predicted molar refractivity (Wildman–Crippen MR) is 112 cm³/mol. The van der Waals surface area contributed by atoms with Crippen molar-refractivity contribution in [1.82, 2.24) is 5.32 Å². The zero-order valence-corrected chi connectivity index (χ0v) is 16.5. The lowest BCUT2D eigenvalue weighted by Gasteiger charge is -2.25. The molecular formula is C23H26N2O4. The first-order valence-corrected chi connectivity index (χ1v) is 9.69. The van der Waals surface area contributed by atoms with Gasteiger partial charge >= 0.3 is 0 Å². The van der Waals surface area contributed by atoms with Gasteiger partial charge in [0.25, 0.3) is 5.91 Å². The monoisotopic (exact) mass is 394 g/mol. The third kappa shape index (κ3) is 5.60. The van der Waals surface area contributed by atoms with Crippen LogP contribution in [0.4, 0.5) is 0 Å². The first-order chi connectivity index (χ1) is 14.1. The molecule has 1 unspecified atom stereocenters. The molecule has 0 heterocycles. The third-order valence-electron chi connectivity index (χ3n) is 5.00. The lowest BCUT2D eigenvalue weighted by molar-refractivity contribution is -0.120. The zero-order chi connectivity index (χ0) is 20.6. The van der Waals surface area contributed by atoms with Gasteiger partial charge in [0.05, 0.1) is 7.11 Å². The molecule has 1 atom stereocenters. The molecular weight excluding hydrogens is 368 g/mol. The molecule has 0 bridgehead atoms. The van der Waals surface area contributed by atoms with Crippen molar-refractivity contribution in [3.8, 4) is 11.5 Å². The van der Waals surface area contributed by atoms with Gasteiger partial charge in [-0.25, -0.2) is 0 Å². The highest BCUT2D eigenvalue weighted by Crippen LogP contribution is 2.31. The second kappa shape index (κ2) is 9.78. The van der Waals surface area contributed by atoms with Crippen LogP contribution in [-0.2, 0) is 16.0 Å². The number of hydrogen-bond acceptors (Lipinski definition) is 4. The van der Waals surface area contributed by atoms with E-state index in [0.717, 1.165) is 24.8 Å². The molecule has 1 aliphatic carbocycles. The maximum atomic E-state index is 12.3. The molecule has 6 nitrogen and oxygen atoms in total. The third-order valence-corrected chi connectivity index (χ3v) is 5.00. The van der Waals surface area contributed by atoms with Crippen LogP contribution < -0.4 is 20.5 Å². The topological polar surface area (TPSA) is 90.7 Å². The van der Waals surface area contributed by atoms with Crippen molar-refractivity contribution in [3.63, 3.8) is 0 Å². The first kappa shape index (κ1) is 20.5. The van der Waals surface area contributed by atoms with Gasteiger partial charge in [0.15, 0.2) is 18.1 Å². The fourth-order valence-corrected chi connectivity index (χ4v) is 3.58. The molecule has 3 rings (SSSR count). The average Bonchev–Trinajstić information content (AvgIpc) is 2.74. The quantitative estimate of drug-likeness (QED) is 0.674. The number of carbonyl (C=O) groups excluding carboxylic acids is 2. The Kier molecular flexibility index (Phi) is 6.89. The summed E-state index contributed by atoms with van der Waals surface area (Å²) in [6, 6.07) is 13.7. The van der Waals surface area contributed by atoms with E-state index in [9.17, 15) is 9.59 Å². The standard InChI is InChI=1S/C23H26N2O4/c1-28-21-13-16(9-11-20(21)29-15-22(24)26)10-12-23(27)25-14-18-7-4-6-17-5-2-3-8-19(17)18/h2-3,5,8-13,18H,4,6-7,14-15H2,1H3,(H2,24,26)(H,25,27)/b12-10+.